The van der Waals surface area contributed by atoms with Crippen LogP contribution in [0.3, 0.4) is 0 Å². The molecule has 1 saturated carbocycles. The summed E-state index contributed by atoms with van der Waals surface area (Å²) in [4.78, 5) is 16.5. The maximum atomic E-state index is 13.5. The Balaban J connectivity index is 1.75. The number of carbonyl (C=O) groups is 1. The van der Waals surface area contributed by atoms with Gasteiger partial charge in [-0.1, -0.05) is 46.1 Å². The van der Waals surface area contributed by atoms with Gasteiger partial charge in [-0.25, -0.2) is 13.4 Å². The van der Waals surface area contributed by atoms with Gasteiger partial charge in [-0.05, 0) is 55.2 Å². The Kier molecular flexibility index (Phi) is 6.95. The first-order valence-electron chi connectivity index (χ1n) is 12.3. The molecule has 1 N–H and O–H groups in total. The minimum atomic E-state index is -3.82. The van der Waals surface area contributed by atoms with Crippen molar-refractivity contribution in [2.24, 2.45) is 5.92 Å². The van der Waals surface area contributed by atoms with Crippen LogP contribution in [0.5, 0.6) is 0 Å². The average Bonchev–Trinajstić information content (AvgIpc) is 3.18. The summed E-state index contributed by atoms with van der Waals surface area (Å²) in [6.07, 6.45) is 6.31. The second kappa shape index (κ2) is 9.64. The van der Waals surface area contributed by atoms with Crippen LogP contribution in [0, 0.1) is 5.92 Å². The Morgan fingerprint density at radius 3 is 2.34 bits per heavy atom. The number of para-hydroxylation sites is 1. The average molecular weight is 497 g/mol. The summed E-state index contributed by atoms with van der Waals surface area (Å²) in [5, 5.41) is 2.66. The van der Waals surface area contributed by atoms with Gasteiger partial charge >= 0.3 is 0 Å². The number of sulfonamides is 1. The number of carbonyl (C=O) groups excluding carboxylic acids is 1. The van der Waals surface area contributed by atoms with Crippen LogP contribution in [0.4, 0.5) is 11.4 Å². The Labute approximate surface area is 208 Å². The third-order valence-corrected chi connectivity index (χ3v) is 8.55. The van der Waals surface area contributed by atoms with Crippen molar-refractivity contribution in [3.8, 4) is 0 Å². The van der Waals surface area contributed by atoms with Gasteiger partial charge in [-0.2, -0.15) is 0 Å². The zero-order valence-electron chi connectivity index (χ0n) is 21.3. The molecule has 8 heteroatoms. The van der Waals surface area contributed by atoms with Crippen molar-refractivity contribution in [3.63, 3.8) is 0 Å². The Morgan fingerprint density at radius 1 is 1.09 bits per heavy atom. The molecule has 0 aliphatic heterocycles. The first-order valence-corrected chi connectivity index (χ1v) is 13.8. The molecule has 1 heterocycles. The van der Waals surface area contributed by atoms with E-state index < -0.39 is 10.0 Å². The lowest BCUT2D eigenvalue weighted by atomic mass is 9.88. The van der Waals surface area contributed by atoms with E-state index in [1.165, 1.54) is 55.5 Å². The molecule has 35 heavy (non-hydrogen) atoms. The quantitative estimate of drug-likeness (QED) is 0.475. The molecule has 0 atom stereocenters. The van der Waals surface area contributed by atoms with E-state index in [0.29, 0.717) is 22.8 Å². The molecule has 0 spiro atoms. The molecule has 1 amide bonds. The van der Waals surface area contributed by atoms with E-state index in [1.54, 1.807) is 19.2 Å². The molecule has 0 saturated heterocycles. The molecule has 7 nitrogen and oxygen atoms in total. The number of nitrogens with zero attached hydrogens (tertiary/aromatic N) is 3. The summed E-state index contributed by atoms with van der Waals surface area (Å²) in [6, 6.07) is 12.0. The Morgan fingerprint density at radius 2 is 1.74 bits per heavy atom. The molecule has 0 bridgehead atoms. The topological polar surface area (TPSA) is 84.3 Å². The zero-order chi connectivity index (χ0) is 25.4. The molecule has 1 aliphatic rings. The fourth-order valence-corrected chi connectivity index (χ4v) is 6.18. The highest BCUT2D eigenvalue weighted by atomic mass is 32.2. The van der Waals surface area contributed by atoms with E-state index in [4.69, 9.17) is 4.98 Å². The van der Waals surface area contributed by atoms with Crippen molar-refractivity contribution in [2.45, 2.75) is 76.7 Å². The molecule has 0 unspecified atom stereocenters. The highest BCUT2D eigenvalue weighted by Gasteiger charge is 2.29. The second-order valence-corrected chi connectivity index (χ2v) is 12.6. The molecular formula is C27H36N4O3S. The number of fused-ring (bicyclic) bond motifs is 1. The number of hydrogen-bond donors (Lipinski definition) is 1. The van der Waals surface area contributed by atoms with Gasteiger partial charge in [0.1, 0.15) is 11.3 Å². The summed E-state index contributed by atoms with van der Waals surface area (Å²) in [6.45, 7) is 8.79. The van der Waals surface area contributed by atoms with Gasteiger partial charge in [0.25, 0.3) is 10.0 Å². The van der Waals surface area contributed by atoms with Crippen LogP contribution in [0.1, 0.15) is 65.6 Å². The lowest BCUT2D eigenvalue weighted by Gasteiger charge is -2.26. The smallest absolute Gasteiger partial charge is 0.264 e. The number of anilines is 2. The lowest BCUT2D eigenvalue weighted by molar-refractivity contribution is -0.114. The van der Waals surface area contributed by atoms with Crippen LogP contribution in [0.15, 0.2) is 47.4 Å². The molecule has 188 valence electrons. The predicted molar refractivity (Wildman–Crippen MR) is 141 cm³/mol. The lowest BCUT2D eigenvalue weighted by Crippen LogP contribution is -2.26. The van der Waals surface area contributed by atoms with Gasteiger partial charge in [0.15, 0.2) is 0 Å². The summed E-state index contributed by atoms with van der Waals surface area (Å²) < 4.78 is 30.7. The number of nitrogens with one attached hydrogen (secondary N) is 1. The molecule has 1 fully saturated rings. The van der Waals surface area contributed by atoms with E-state index in [0.717, 1.165) is 17.9 Å². The molecule has 4 rings (SSSR count). The predicted octanol–water partition coefficient (Wildman–Crippen LogP) is 5.70. The molecule has 0 radical (unpaired) electrons. The summed E-state index contributed by atoms with van der Waals surface area (Å²) >= 11 is 0. The monoisotopic (exact) mass is 496 g/mol. The van der Waals surface area contributed by atoms with E-state index >= 15 is 0 Å². The maximum Gasteiger partial charge on any atom is 0.264 e. The minimum Gasteiger partial charge on any atom is -0.327 e. The van der Waals surface area contributed by atoms with Crippen LogP contribution in [-0.4, -0.2) is 30.9 Å². The van der Waals surface area contributed by atoms with Gasteiger partial charge in [0.2, 0.25) is 5.91 Å². The first-order chi connectivity index (χ1) is 16.5. The third-order valence-electron chi connectivity index (χ3n) is 6.77. The fraction of sp³-hybridized carbons (Fsp3) is 0.481. The van der Waals surface area contributed by atoms with Crippen molar-refractivity contribution in [1.82, 2.24) is 9.55 Å². The molecule has 1 aromatic heterocycles. The largest absolute Gasteiger partial charge is 0.327 e. The van der Waals surface area contributed by atoms with E-state index in [2.05, 4.69) is 30.7 Å². The van der Waals surface area contributed by atoms with E-state index in [-0.39, 0.29) is 16.2 Å². The maximum absolute atomic E-state index is 13.5. The van der Waals surface area contributed by atoms with Crippen molar-refractivity contribution in [3.05, 3.63) is 48.3 Å². The highest BCUT2D eigenvalue weighted by molar-refractivity contribution is 7.92. The molecular weight excluding hydrogens is 460 g/mol. The molecule has 1 aliphatic carbocycles. The Hall–Kier alpha value is -2.87. The van der Waals surface area contributed by atoms with Crippen molar-refractivity contribution >= 4 is 38.3 Å². The number of benzene rings is 2. The second-order valence-electron chi connectivity index (χ2n) is 10.6. The van der Waals surface area contributed by atoms with Crippen LogP contribution >= 0.6 is 0 Å². The molecule has 3 aromatic rings. The van der Waals surface area contributed by atoms with Gasteiger partial charge in [-0.15, -0.1) is 0 Å². The van der Waals surface area contributed by atoms with Crippen LogP contribution in [-0.2, 0) is 26.8 Å². The normalized spacial score (nSPS) is 15.3. The van der Waals surface area contributed by atoms with Gasteiger partial charge < -0.3 is 9.88 Å². The standard InChI is InChI=1S/C27H36N4O3S/c1-19(32)28-21-14-16-22(17-15-21)35(33,34)30(5)23-12-9-13-24-25(23)29-26(27(2,3)4)31(24)18-20-10-7-6-8-11-20/h9,12-17,20H,6-8,10-11,18H2,1-5H3,(H,28,32). The number of imidazole rings is 1. The van der Waals surface area contributed by atoms with Crippen LogP contribution in [0.2, 0.25) is 0 Å². The van der Waals surface area contributed by atoms with Gasteiger partial charge in [-0.3, -0.25) is 9.10 Å². The fourth-order valence-electron chi connectivity index (χ4n) is 4.97. The third kappa shape index (κ3) is 5.22. The van der Waals surface area contributed by atoms with Crippen LogP contribution in [0.25, 0.3) is 11.0 Å². The SMILES string of the molecule is CC(=O)Nc1ccc(S(=O)(=O)N(C)c2cccc3c2nc(C(C)(C)C)n3CC2CCCCC2)cc1. The van der Waals surface area contributed by atoms with E-state index in [1.807, 2.05) is 18.2 Å². The number of amides is 1. The van der Waals surface area contributed by atoms with Gasteiger partial charge in [0, 0.05) is 31.6 Å². The first kappa shape index (κ1) is 25.2. The number of rotatable bonds is 6. The van der Waals surface area contributed by atoms with Crippen LogP contribution < -0.4 is 9.62 Å². The number of hydrogen-bond acceptors (Lipinski definition) is 4. The van der Waals surface area contributed by atoms with Crippen molar-refractivity contribution in [2.75, 3.05) is 16.7 Å². The zero-order valence-corrected chi connectivity index (χ0v) is 22.2. The number of aromatic nitrogens is 2. The molecule has 2 aromatic carbocycles. The highest BCUT2D eigenvalue weighted by Crippen LogP contribution is 2.35. The van der Waals surface area contributed by atoms with Crippen molar-refractivity contribution in [1.29, 1.82) is 0 Å². The minimum absolute atomic E-state index is 0.156. The summed E-state index contributed by atoms with van der Waals surface area (Å²) in [5.41, 5.74) is 2.61. The van der Waals surface area contributed by atoms with E-state index in [9.17, 15) is 13.2 Å². The van der Waals surface area contributed by atoms with Gasteiger partial charge in [0.05, 0.1) is 16.1 Å². The summed E-state index contributed by atoms with van der Waals surface area (Å²) in [7, 11) is -2.25. The summed E-state index contributed by atoms with van der Waals surface area (Å²) in [5.74, 6) is 1.40. The van der Waals surface area contributed by atoms with Crippen molar-refractivity contribution < 1.29 is 13.2 Å². The Bertz CT molecular complexity index is 1310.